The minimum atomic E-state index is 0.202. The van der Waals surface area contributed by atoms with Gasteiger partial charge in [0.25, 0.3) is 0 Å². The Labute approximate surface area is 139 Å². The molecule has 3 fully saturated rings. The maximum atomic E-state index is 6.14. The zero-order chi connectivity index (χ0) is 15.5. The Bertz CT molecular complexity index is 505. The highest BCUT2D eigenvalue weighted by atomic mass is 16.5. The second-order valence-electron chi connectivity index (χ2n) is 7.64. The Kier molecular flexibility index (Phi) is 4.65. The van der Waals surface area contributed by atoms with Crippen LogP contribution in [0.5, 0.6) is 0 Å². The van der Waals surface area contributed by atoms with Gasteiger partial charge in [-0.2, -0.15) is 0 Å². The molecule has 1 aromatic heterocycles. The van der Waals surface area contributed by atoms with Crippen molar-refractivity contribution >= 4 is 0 Å². The van der Waals surface area contributed by atoms with E-state index in [0.717, 1.165) is 51.8 Å². The molecule has 2 atom stereocenters. The predicted octanol–water partition coefficient (Wildman–Crippen LogP) is 2.88. The van der Waals surface area contributed by atoms with E-state index >= 15 is 0 Å². The van der Waals surface area contributed by atoms with E-state index < -0.39 is 0 Å². The topological polar surface area (TPSA) is 34.6 Å². The summed E-state index contributed by atoms with van der Waals surface area (Å²) >= 11 is 0. The average Bonchev–Trinajstić information content (AvgIpc) is 3.40. The third-order valence-corrected chi connectivity index (χ3v) is 5.64. The fourth-order valence-corrected chi connectivity index (χ4v) is 4.19. The number of likely N-dealkylation sites (tertiary alicyclic amines) is 1. The molecule has 23 heavy (non-hydrogen) atoms. The molecule has 0 unspecified atom stereocenters. The molecule has 0 spiro atoms. The molecule has 2 aliphatic heterocycles. The van der Waals surface area contributed by atoms with Crippen molar-refractivity contribution < 1.29 is 9.47 Å². The van der Waals surface area contributed by atoms with E-state index in [9.17, 15) is 0 Å². The monoisotopic (exact) mass is 316 g/mol. The lowest BCUT2D eigenvalue weighted by atomic mass is 9.73. The molecule has 1 saturated carbocycles. The number of hydrogen-bond acceptors (Lipinski definition) is 4. The normalized spacial score (nSPS) is 31.7. The van der Waals surface area contributed by atoms with E-state index in [2.05, 4.69) is 16.0 Å². The molecule has 0 aromatic carbocycles. The van der Waals surface area contributed by atoms with Crippen LogP contribution in [-0.4, -0.2) is 48.9 Å². The van der Waals surface area contributed by atoms with Gasteiger partial charge in [0.2, 0.25) is 0 Å². The first-order chi connectivity index (χ1) is 11.3. The zero-order valence-corrected chi connectivity index (χ0v) is 14.0. The molecule has 1 aliphatic carbocycles. The number of hydrogen-bond donors (Lipinski definition) is 0. The van der Waals surface area contributed by atoms with Crippen LogP contribution in [-0.2, 0) is 16.0 Å². The van der Waals surface area contributed by atoms with Gasteiger partial charge in [0.05, 0.1) is 12.7 Å². The predicted molar refractivity (Wildman–Crippen MR) is 89.1 cm³/mol. The summed E-state index contributed by atoms with van der Waals surface area (Å²) in [5, 5.41) is 0. The van der Waals surface area contributed by atoms with Crippen LogP contribution in [0.15, 0.2) is 24.5 Å². The molecule has 3 aliphatic rings. The number of rotatable bonds is 6. The summed E-state index contributed by atoms with van der Waals surface area (Å²) in [6, 6.07) is 4.20. The molecule has 2 saturated heterocycles. The minimum Gasteiger partial charge on any atom is -0.380 e. The third kappa shape index (κ3) is 3.76. The van der Waals surface area contributed by atoms with Crippen molar-refractivity contribution in [3.8, 4) is 0 Å². The molecular formula is C19H28N2O2. The van der Waals surface area contributed by atoms with Crippen LogP contribution in [0.4, 0.5) is 0 Å². The van der Waals surface area contributed by atoms with Gasteiger partial charge in [-0.15, -0.1) is 0 Å². The van der Waals surface area contributed by atoms with Gasteiger partial charge in [-0.1, -0.05) is 6.07 Å². The molecule has 1 aromatic rings. The van der Waals surface area contributed by atoms with Crippen molar-refractivity contribution in [3.05, 3.63) is 30.1 Å². The molecule has 0 amide bonds. The van der Waals surface area contributed by atoms with Gasteiger partial charge < -0.3 is 9.47 Å². The Morgan fingerprint density at radius 2 is 2.30 bits per heavy atom. The molecule has 0 radical (unpaired) electrons. The number of ether oxygens (including phenoxy) is 2. The summed E-state index contributed by atoms with van der Waals surface area (Å²) < 4.78 is 12.3. The molecular weight excluding hydrogens is 288 g/mol. The van der Waals surface area contributed by atoms with Gasteiger partial charge in [-0.25, -0.2) is 0 Å². The van der Waals surface area contributed by atoms with Crippen LogP contribution in [0.25, 0.3) is 0 Å². The molecule has 4 nitrogen and oxygen atoms in total. The summed E-state index contributed by atoms with van der Waals surface area (Å²) in [7, 11) is 0. The van der Waals surface area contributed by atoms with Gasteiger partial charge >= 0.3 is 0 Å². The van der Waals surface area contributed by atoms with E-state index in [4.69, 9.17) is 9.47 Å². The Balaban J connectivity index is 1.41. The Hall–Kier alpha value is -0.970. The van der Waals surface area contributed by atoms with Crippen LogP contribution in [0.1, 0.15) is 37.7 Å². The van der Waals surface area contributed by atoms with Crippen LogP contribution < -0.4 is 0 Å². The van der Waals surface area contributed by atoms with Crippen LogP contribution in [0.2, 0.25) is 0 Å². The van der Waals surface area contributed by atoms with E-state index in [-0.39, 0.29) is 5.41 Å². The summed E-state index contributed by atoms with van der Waals surface area (Å²) in [6.07, 6.45) is 10.5. The second kappa shape index (κ2) is 6.88. The van der Waals surface area contributed by atoms with Gasteiger partial charge in [-0.05, 0) is 49.7 Å². The van der Waals surface area contributed by atoms with E-state index in [1.54, 1.807) is 0 Å². The van der Waals surface area contributed by atoms with Gasteiger partial charge in [0.1, 0.15) is 0 Å². The quantitative estimate of drug-likeness (QED) is 0.808. The van der Waals surface area contributed by atoms with Crippen LogP contribution in [0, 0.1) is 11.3 Å². The maximum Gasteiger partial charge on any atom is 0.0677 e. The fraction of sp³-hybridized carbons (Fsp3) is 0.737. The first-order valence-electron chi connectivity index (χ1n) is 9.15. The summed E-state index contributed by atoms with van der Waals surface area (Å²) in [5.41, 5.74) is 1.50. The summed E-state index contributed by atoms with van der Waals surface area (Å²) in [5.74, 6) is 0.837. The van der Waals surface area contributed by atoms with Gasteiger partial charge in [-0.3, -0.25) is 9.88 Å². The molecule has 3 heterocycles. The first-order valence-corrected chi connectivity index (χ1v) is 9.15. The van der Waals surface area contributed by atoms with Crippen LogP contribution in [0.3, 0.4) is 0 Å². The number of piperidine rings is 1. The number of nitrogens with zero attached hydrogens (tertiary/aromatic N) is 2. The number of pyridine rings is 1. The van der Waals surface area contributed by atoms with E-state index in [1.165, 1.54) is 31.2 Å². The Morgan fingerprint density at radius 3 is 3.13 bits per heavy atom. The molecule has 126 valence electrons. The summed E-state index contributed by atoms with van der Waals surface area (Å²) in [4.78, 5) is 6.82. The van der Waals surface area contributed by atoms with Gasteiger partial charge in [0.15, 0.2) is 0 Å². The van der Waals surface area contributed by atoms with Crippen molar-refractivity contribution in [2.24, 2.45) is 11.3 Å². The Morgan fingerprint density at radius 1 is 1.35 bits per heavy atom. The lowest BCUT2D eigenvalue weighted by Gasteiger charge is -2.50. The fourth-order valence-electron chi connectivity index (χ4n) is 4.19. The number of fused-ring (bicyclic) bond motifs is 1. The lowest BCUT2D eigenvalue weighted by molar-refractivity contribution is -0.154. The van der Waals surface area contributed by atoms with Crippen molar-refractivity contribution in [1.82, 2.24) is 9.88 Å². The minimum absolute atomic E-state index is 0.202. The highest BCUT2D eigenvalue weighted by Gasteiger charge is 2.46. The molecule has 4 heteroatoms. The van der Waals surface area contributed by atoms with Crippen molar-refractivity contribution in [1.29, 1.82) is 0 Å². The summed E-state index contributed by atoms with van der Waals surface area (Å²) in [6.45, 7) is 5.96. The SMILES string of the molecule is c1cncc(CN2CC[C@H]3OCCC[C@]3(COCC3CC3)C2)c1. The maximum absolute atomic E-state index is 6.14. The number of aromatic nitrogens is 1. The van der Waals surface area contributed by atoms with Crippen molar-refractivity contribution in [2.75, 3.05) is 32.9 Å². The highest BCUT2D eigenvalue weighted by Crippen LogP contribution is 2.41. The molecule has 0 N–H and O–H groups in total. The second-order valence-corrected chi connectivity index (χ2v) is 7.64. The molecule has 0 bridgehead atoms. The largest absolute Gasteiger partial charge is 0.380 e. The standard InChI is InChI=1S/C19H28N2O2/c1-3-17(11-20-8-1)12-21-9-6-18-19(14-21,7-2-10-23-18)15-22-13-16-4-5-16/h1,3,8,11,16,18H,2,4-7,9-10,12-15H2/t18-,19-/m1/s1. The first kappa shape index (κ1) is 15.6. The zero-order valence-electron chi connectivity index (χ0n) is 14.0. The van der Waals surface area contributed by atoms with Crippen molar-refractivity contribution in [2.45, 2.75) is 44.8 Å². The van der Waals surface area contributed by atoms with Gasteiger partial charge in [0, 0.05) is 50.7 Å². The lowest BCUT2D eigenvalue weighted by Crippen LogP contribution is -2.56. The smallest absolute Gasteiger partial charge is 0.0677 e. The van der Waals surface area contributed by atoms with E-state index in [1.807, 2.05) is 18.5 Å². The molecule has 4 rings (SSSR count). The van der Waals surface area contributed by atoms with Crippen LogP contribution >= 0.6 is 0 Å². The average molecular weight is 316 g/mol. The highest BCUT2D eigenvalue weighted by molar-refractivity contribution is 5.09. The van der Waals surface area contributed by atoms with Crippen molar-refractivity contribution in [3.63, 3.8) is 0 Å². The van der Waals surface area contributed by atoms with E-state index in [0.29, 0.717) is 6.10 Å². The third-order valence-electron chi connectivity index (χ3n) is 5.64.